The van der Waals surface area contributed by atoms with E-state index in [1.54, 1.807) is 21.1 Å². The lowest BCUT2D eigenvalue weighted by Crippen LogP contribution is -2.57. The molecule has 11 heteroatoms. The van der Waals surface area contributed by atoms with E-state index in [-0.39, 0.29) is 18.8 Å². The number of methoxy groups -OCH3 is 2. The Morgan fingerprint density at radius 3 is 1.88 bits per heavy atom. The fraction of sp³-hybridized carbons (Fsp3) is 0.410. The van der Waals surface area contributed by atoms with Gasteiger partial charge in [0, 0.05) is 18.2 Å². The summed E-state index contributed by atoms with van der Waals surface area (Å²) in [6.07, 6.45) is -0.228. The van der Waals surface area contributed by atoms with Crippen molar-refractivity contribution in [2.45, 2.75) is 82.7 Å². The van der Waals surface area contributed by atoms with Crippen LogP contribution in [0.3, 0.4) is 0 Å². The standard InChI is InChI=1S/C39H48N2O8Si/c1-8-50(9-2,10-3)49-38(28(5)42)24-35(41-25-27(4)36(43)40-37(41)44)48-34(38)26-47-39(29-14-12-11-13-15-29,30-16-20-32(45-6)21-17-30)31-18-22-33(46-7)23-19-31/h11-23,25,34-35H,8-10,24,26H2,1-7H3,(H,40,43,44)/t34-,35-,38-/m1/s1. The highest BCUT2D eigenvalue weighted by atomic mass is 28.4. The van der Waals surface area contributed by atoms with Crippen molar-refractivity contribution in [3.05, 3.63) is 128 Å². The molecule has 0 radical (unpaired) electrons. The van der Waals surface area contributed by atoms with Crippen LogP contribution in [0.2, 0.25) is 18.1 Å². The van der Waals surface area contributed by atoms with Crippen LogP contribution in [-0.2, 0) is 24.3 Å². The predicted octanol–water partition coefficient (Wildman–Crippen LogP) is 6.51. The Labute approximate surface area is 294 Å². The number of hydrogen-bond acceptors (Lipinski definition) is 8. The quantitative estimate of drug-likeness (QED) is 0.110. The molecule has 5 rings (SSSR count). The molecule has 1 aliphatic heterocycles. The van der Waals surface area contributed by atoms with Gasteiger partial charge in [-0.3, -0.25) is 19.1 Å². The van der Waals surface area contributed by atoms with Crippen molar-refractivity contribution in [3.63, 3.8) is 0 Å². The third-order valence-corrected chi connectivity index (χ3v) is 15.0. The number of aromatic amines is 1. The molecule has 1 aromatic heterocycles. The second kappa shape index (κ2) is 15.3. The van der Waals surface area contributed by atoms with Gasteiger partial charge in [0.2, 0.25) is 0 Å². The molecule has 1 fully saturated rings. The number of carbonyl (C=O) groups excluding carboxylic acids is 1. The first kappa shape index (κ1) is 37.0. The molecule has 1 saturated heterocycles. The zero-order chi connectivity index (χ0) is 36.1. The Balaban J connectivity index is 1.69. The summed E-state index contributed by atoms with van der Waals surface area (Å²) < 4.78 is 33.4. The Kier molecular flexibility index (Phi) is 11.3. The normalized spacial score (nSPS) is 19.3. The summed E-state index contributed by atoms with van der Waals surface area (Å²) in [6, 6.07) is 27.7. The van der Waals surface area contributed by atoms with Gasteiger partial charge in [-0.1, -0.05) is 75.4 Å². The number of nitrogens with zero attached hydrogens (tertiary/aromatic N) is 1. The molecule has 0 saturated carbocycles. The summed E-state index contributed by atoms with van der Waals surface area (Å²) in [5, 5.41) is 0. The summed E-state index contributed by atoms with van der Waals surface area (Å²) in [7, 11) is 0.802. The number of nitrogens with one attached hydrogen (secondary N) is 1. The molecule has 3 aromatic carbocycles. The van der Waals surface area contributed by atoms with Gasteiger partial charge in [-0.05, 0) is 72.9 Å². The summed E-state index contributed by atoms with van der Waals surface area (Å²) in [4.78, 5) is 41.9. The SMILES string of the molecule is CC[Si](CC)(CC)O[C@@]1(C(C)=O)C[C@H](n2cc(C)c(=O)[nH]c2=O)O[C@@H]1COC(c1ccccc1)(c1ccc(OC)cc1)c1ccc(OC)cc1. The first-order valence-corrected chi connectivity index (χ1v) is 19.7. The number of hydrogen-bond donors (Lipinski definition) is 1. The molecule has 2 heterocycles. The van der Waals surface area contributed by atoms with Gasteiger partial charge in [0.25, 0.3) is 5.56 Å². The minimum atomic E-state index is -2.44. The van der Waals surface area contributed by atoms with Crippen LogP contribution in [0.4, 0.5) is 0 Å². The molecular formula is C39H48N2O8Si. The van der Waals surface area contributed by atoms with E-state index < -0.39 is 43.1 Å². The van der Waals surface area contributed by atoms with Gasteiger partial charge in [0.1, 0.15) is 35.0 Å². The maximum atomic E-state index is 14.1. The van der Waals surface area contributed by atoms with Crippen molar-refractivity contribution in [1.82, 2.24) is 9.55 Å². The van der Waals surface area contributed by atoms with Crippen LogP contribution in [-0.4, -0.2) is 56.2 Å². The molecule has 0 spiro atoms. The molecule has 0 aliphatic carbocycles. The van der Waals surface area contributed by atoms with Gasteiger partial charge in [-0.2, -0.15) is 0 Å². The lowest BCUT2D eigenvalue weighted by Gasteiger charge is -2.42. The zero-order valence-corrected chi connectivity index (χ0v) is 31.0. The number of H-pyrrole nitrogens is 1. The molecule has 1 N–H and O–H groups in total. The number of ether oxygens (including phenoxy) is 4. The summed E-state index contributed by atoms with van der Waals surface area (Å²) >= 11 is 0. The van der Waals surface area contributed by atoms with Crippen molar-refractivity contribution in [2.24, 2.45) is 0 Å². The van der Waals surface area contributed by atoms with E-state index >= 15 is 0 Å². The first-order valence-electron chi connectivity index (χ1n) is 17.2. The van der Waals surface area contributed by atoms with Crippen LogP contribution in [0, 0.1) is 6.92 Å². The molecule has 50 heavy (non-hydrogen) atoms. The molecular weight excluding hydrogens is 653 g/mol. The van der Waals surface area contributed by atoms with Gasteiger partial charge in [0.05, 0.1) is 20.8 Å². The van der Waals surface area contributed by atoms with E-state index in [1.807, 2.05) is 78.9 Å². The summed E-state index contributed by atoms with van der Waals surface area (Å²) in [5.74, 6) is 1.19. The van der Waals surface area contributed by atoms with Gasteiger partial charge >= 0.3 is 5.69 Å². The average Bonchev–Trinajstić information content (AvgIpc) is 3.52. The van der Waals surface area contributed by atoms with Crippen LogP contribution in [0.15, 0.2) is 94.6 Å². The van der Waals surface area contributed by atoms with Crippen LogP contribution in [0.1, 0.15) is 62.6 Å². The van der Waals surface area contributed by atoms with Gasteiger partial charge < -0.3 is 23.4 Å². The fourth-order valence-electron chi connectivity index (χ4n) is 7.05. The highest BCUT2D eigenvalue weighted by Gasteiger charge is 2.58. The van der Waals surface area contributed by atoms with Gasteiger partial charge in [-0.15, -0.1) is 0 Å². The number of carbonyl (C=O) groups is 1. The van der Waals surface area contributed by atoms with E-state index in [0.29, 0.717) is 17.1 Å². The molecule has 0 amide bonds. The highest BCUT2D eigenvalue weighted by molar-refractivity contribution is 6.73. The Morgan fingerprint density at radius 2 is 1.40 bits per heavy atom. The third kappa shape index (κ3) is 6.87. The smallest absolute Gasteiger partial charge is 0.330 e. The average molecular weight is 701 g/mol. The second-order valence-corrected chi connectivity index (χ2v) is 17.6. The van der Waals surface area contributed by atoms with Gasteiger partial charge in [-0.25, -0.2) is 4.79 Å². The lowest BCUT2D eigenvalue weighted by atomic mass is 9.79. The maximum absolute atomic E-state index is 14.1. The summed E-state index contributed by atoms with van der Waals surface area (Å²) in [5.41, 5.74) is -0.830. The van der Waals surface area contributed by atoms with E-state index in [2.05, 4.69) is 25.8 Å². The van der Waals surface area contributed by atoms with Crippen molar-refractivity contribution in [1.29, 1.82) is 0 Å². The van der Waals surface area contributed by atoms with Crippen LogP contribution in [0.5, 0.6) is 11.5 Å². The molecule has 266 valence electrons. The lowest BCUT2D eigenvalue weighted by molar-refractivity contribution is -0.148. The summed E-state index contributed by atoms with van der Waals surface area (Å²) in [6.45, 7) is 9.40. The molecule has 4 aromatic rings. The fourth-order valence-corrected chi connectivity index (χ4v) is 10.1. The Morgan fingerprint density at radius 1 is 0.880 bits per heavy atom. The largest absolute Gasteiger partial charge is 0.497 e. The number of ketones is 1. The van der Waals surface area contributed by atoms with E-state index in [9.17, 15) is 14.4 Å². The molecule has 0 bridgehead atoms. The molecule has 10 nitrogen and oxygen atoms in total. The molecule has 3 atom stereocenters. The second-order valence-electron chi connectivity index (χ2n) is 12.9. The Bertz CT molecular complexity index is 1810. The van der Waals surface area contributed by atoms with E-state index in [0.717, 1.165) is 34.8 Å². The monoisotopic (exact) mass is 700 g/mol. The van der Waals surface area contributed by atoms with Crippen LogP contribution in [0.25, 0.3) is 0 Å². The minimum Gasteiger partial charge on any atom is -0.497 e. The minimum absolute atomic E-state index is 0.0677. The van der Waals surface area contributed by atoms with E-state index in [4.69, 9.17) is 23.4 Å². The predicted molar refractivity (Wildman–Crippen MR) is 195 cm³/mol. The molecule has 0 unspecified atom stereocenters. The van der Waals surface area contributed by atoms with Crippen molar-refractivity contribution < 1.29 is 28.2 Å². The van der Waals surface area contributed by atoms with Crippen molar-refractivity contribution in [3.8, 4) is 11.5 Å². The topological polar surface area (TPSA) is 118 Å². The third-order valence-electron chi connectivity index (χ3n) is 10.3. The number of Topliss-reactive ketones (excluding diaryl/α,β-unsaturated/α-hetero) is 1. The Hall–Kier alpha value is -4.29. The highest BCUT2D eigenvalue weighted by Crippen LogP contribution is 2.47. The number of rotatable bonds is 15. The van der Waals surface area contributed by atoms with Crippen LogP contribution < -0.4 is 20.7 Å². The number of benzene rings is 3. The number of aryl methyl sites for hydroxylation is 1. The maximum Gasteiger partial charge on any atom is 0.330 e. The number of aromatic nitrogens is 2. The van der Waals surface area contributed by atoms with Crippen LogP contribution >= 0.6 is 0 Å². The van der Waals surface area contributed by atoms with Gasteiger partial charge in [0.15, 0.2) is 14.1 Å². The first-order chi connectivity index (χ1) is 24.0. The van der Waals surface area contributed by atoms with Crippen molar-refractivity contribution >= 4 is 14.1 Å². The zero-order valence-electron chi connectivity index (χ0n) is 30.0. The van der Waals surface area contributed by atoms with E-state index in [1.165, 1.54) is 17.7 Å². The van der Waals surface area contributed by atoms with Crippen molar-refractivity contribution in [2.75, 3.05) is 20.8 Å². The molecule has 1 aliphatic rings.